The first-order valence-electron chi connectivity index (χ1n) is 6.88. The topological polar surface area (TPSA) is 87.5 Å². The number of nitro benzene ring substituents is 1. The monoisotopic (exact) mass is 294 g/mol. The lowest BCUT2D eigenvalue weighted by Gasteiger charge is -2.18. The highest BCUT2D eigenvalue weighted by Gasteiger charge is 2.13. The van der Waals surface area contributed by atoms with Crippen LogP contribution in [0.15, 0.2) is 24.3 Å². The first-order valence-corrected chi connectivity index (χ1v) is 6.88. The number of hydrogen-bond acceptors (Lipinski definition) is 4. The molecule has 7 nitrogen and oxygen atoms in total. The molecule has 0 aliphatic carbocycles. The first-order chi connectivity index (χ1) is 9.95. The average Bonchev–Trinajstić information content (AvgIpc) is 2.47. The summed E-state index contributed by atoms with van der Waals surface area (Å²) < 4.78 is 0. The van der Waals surface area contributed by atoms with E-state index in [0.717, 1.165) is 12.0 Å². The van der Waals surface area contributed by atoms with E-state index in [1.807, 2.05) is 13.0 Å². The summed E-state index contributed by atoms with van der Waals surface area (Å²) >= 11 is 0. The second-order valence-corrected chi connectivity index (χ2v) is 4.89. The predicted octanol–water partition coefficient (Wildman–Crippen LogP) is 1.91. The number of amides is 2. The standard InChI is InChI=1S/C14H22N4O3/c1-4-13(15-8-9-16-14(19)17(2)3)11-6-5-7-12(10-11)18(20)21/h5-7,10,13,15H,4,8-9H2,1-3H3,(H,16,19). The van der Waals surface area contributed by atoms with Crippen molar-refractivity contribution in [3.8, 4) is 0 Å². The van der Waals surface area contributed by atoms with Crippen molar-refractivity contribution in [2.75, 3.05) is 27.2 Å². The molecule has 1 unspecified atom stereocenters. The molecule has 0 saturated heterocycles. The molecule has 0 bridgehead atoms. The maximum absolute atomic E-state index is 11.4. The third-order valence-corrected chi connectivity index (χ3v) is 3.09. The smallest absolute Gasteiger partial charge is 0.316 e. The molecule has 1 atom stereocenters. The van der Waals surface area contributed by atoms with E-state index in [-0.39, 0.29) is 17.8 Å². The number of non-ortho nitro benzene ring substituents is 1. The Morgan fingerprint density at radius 3 is 2.67 bits per heavy atom. The zero-order chi connectivity index (χ0) is 15.8. The number of hydrogen-bond donors (Lipinski definition) is 2. The van der Waals surface area contributed by atoms with Crippen LogP contribution in [0.5, 0.6) is 0 Å². The van der Waals surface area contributed by atoms with Gasteiger partial charge in [0.25, 0.3) is 5.69 Å². The van der Waals surface area contributed by atoms with Gasteiger partial charge in [-0.05, 0) is 12.0 Å². The summed E-state index contributed by atoms with van der Waals surface area (Å²) in [7, 11) is 3.36. The predicted molar refractivity (Wildman–Crippen MR) is 81.2 cm³/mol. The van der Waals surface area contributed by atoms with Crippen LogP contribution in [0.2, 0.25) is 0 Å². The van der Waals surface area contributed by atoms with Crippen LogP contribution in [-0.4, -0.2) is 43.0 Å². The van der Waals surface area contributed by atoms with E-state index in [2.05, 4.69) is 10.6 Å². The molecule has 0 aliphatic rings. The van der Waals surface area contributed by atoms with E-state index in [1.54, 1.807) is 26.2 Å². The van der Waals surface area contributed by atoms with E-state index in [9.17, 15) is 14.9 Å². The zero-order valence-electron chi connectivity index (χ0n) is 12.6. The van der Waals surface area contributed by atoms with Crippen LogP contribution >= 0.6 is 0 Å². The van der Waals surface area contributed by atoms with Gasteiger partial charge in [-0.25, -0.2) is 4.79 Å². The zero-order valence-corrected chi connectivity index (χ0v) is 12.6. The van der Waals surface area contributed by atoms with Crippen LogP contribution < -0.4 is 10.6 Å². The van der Waals surface area contributed by atoms with Crippen LogP contribution in [0.3, 0.4) is 0 Å². The van der Waals surface area contributed by atoms with Crippen molar-refractivity contribution >= 4 is 11.7 Å². The van der Waals surface area contributed by atoms with Gasteiger partial charge in [0.1, 0.15) is 0 Å². The van der Waals surface area contributed by atoms with Crippen molar-refractivity contribution in [3.63, 3.8) is 0 Å². The minimum Gasteiger partial charge on any atom is -0.337 e. The van der Waals surface area contributed by atoms with Gasteiger partial charge in [-0.2, -0.15) is 0 Å². The normalized spacial score (nSPS) is 11.8. The second kappa shape index (κ2) is 8.21. The Morgan fingerprint density at radius 1 is 1.38 bits per heavy atom. The summed E-state index contributed by atoms with van der Waals surface area (Å²) in [6, 6.07) is 6.51. The number of nitro groups is 1. The highest BCUT2D eigenvalue weighted by molar-refractivity contribution is 5.73. The number of rotatable bonds is 7. The fraction of sp³-hybridized carbons (Fsp3) is 0.500. The summed E-state index contributed by atoms with van der Waals surface area (Å²) in [6.07, 6.45) is 0.808. The van der Waals surface area contributed by atoms with Gasteiger partial charge in [0.05, 0.1) is 4.92 Å². The summed E-state index contributed by atoms with van der Waals surface area (Å²) in [4.78, 5) is 23.2. The molecular formula is C14H22N4O3. The minimum atomic E-state index is -0.395. The number of nitrogens with one attached hydrogen (secondary N) is 2. The van der Waals surface area contributed by atoms with E-state index in [4.69, 9.17) is 0 Å². The third-order valence-electron chi connectivity index (χ3n) is 3.09. The van der Waals surface area contributed by atoms with Crippen molar-refractivity contribution in [3.05, 3.63) is 39.9 Å². The van der Waals surface area contributed by atoms with Crippen molar-refractivity contribution in [2.24, 2.45) is 0 Å². The fourth-order valence-electron chi connectivity index (χ4n) is 1.93. The van der Waals surface area contributed by atoms with Gasteiger partial charge < -0.3 is 15.5 Å². The molecule has 7 heteroatoms. The summed E-state index contributed by atoms with van der Waals surface area (Å²) in [5.41, 5.74) is 0.972. The number of nitrogens with zero attached hydrogens (tertiary/aromatic N) is 2. The van der Waals surface area contributed by atoms with Gasteiger partial charge in [-0.1, -0.05) is 19.1 Å². The molecule has 2 N–H and O–H groups in total. The highest BCUT2D eigenvalue weighted by atomic mass is 16.6. The number of carbonyl (C=O) groups excluding carboxylic acids is 1. The maximum atomic E-state index is 11.4. The third kappa shape index (κ3) is 5.39. The molecule has 0 heterocycles. The Hall–Kier alpha value is -2.15. The minimum absolute atomic E-state index is 0.0289. The van der Waals surface area contributed by atoms with Gasteiger partial charge in [-0.3, -0.25) is 10.1 Å². The molecule has 2 amide bonds. The lowest BCUT2D eigenvalue weighted by molar-refractivity contribution is -0.384. The van der Waals surface area contributed by atoms with Gasteiger partial charge in [0.2, 0.25) is 0 Å². The molecule has 1 aromatic rings. The van der Waals surface area contributed by atoms with Gasteiger partial charge in [0, 0.05) is 45.4 Å². The Labute approximate surface area is 124 Å². The van der Waals surface area contributed by atoms with E-state index >= 15 is 0 Å². The van der Waals surface area contributed by atoms with Gasteiger partial charge >= 0.3 is 6.03 Å². The molecule has 0 saturated carbocycles. The van der Waals surface area contributed by atoms with Crippen molar-refractivity contribution in [1.29, 1.82) is 0 Å². The molecular weight excluding hydrogens is 272 g/mol. The van der Waals surface area contributed by atoms with E-state index < -0.39 is 4.92 Å². The summed E-state index contributed by atoms with van der Waals surface area (Å²) in [6.45, 7) is 3.11. The molecule has 0 aliphatic heterocycles. The molecule has 0 radical (unpaired) electrons. The van der Waals surface area contributed by atoms with E-state index in [0.29, 0.717) is 13.1 Å². The Bertz CT molecular complexity index is 491. The quantitative estimate of drug-likeness (QED) is 0.457. The Balaban J connectivity index is 2.53. The van der Waals surface area contributed by atoms with Crippen molar-refractivity contribution in [2.45, 2.75) is 19.4 Å². The van der Waals surface area contributed by atoms with Gasteiger partial charge in [0.15, 0.2) is 0 Å². The summed E-state index contributed by atoms with van der Waals surface area (Å²) in [5, 5.41) is 16.8. The molecule has 0 spiro atoms. The first kappa shape index (κ1) is 16.9. The second-order valence-electron chi connectivity index (χ2n) is 4.89. The molecule has 116 valence electrons. The molecule has 0 fully saturated rings. The lowest BCUT2D eigenvalue weighted by Crippen LogP contribution is -2.39. The highest BCUT2D eigenvalue weighted by Crippen LogP contribution is 2.21. The molecule has 0 aromatic heterocycles. The lowest BCUT2D eigenvalue weighted by atomic mass is 10.0. The number of urea groups is 1. The Kier molecular flexibility index (Phi) is 6.61. The Morgan fingerprint density at radius 2 is 2.10 bits per heavy atom. The molecule has 1 aromatic carbocycles. The average molecular weight is 294 g/mol. The largest absolute Gasteiger partial charge is 0.337 e. The number of carbonyl (C=O) groups is 1. The van der Waals surface area contributed by atoms with Crippen LogP contribution in [0.25, 0.3) is 0 Å². The van der Waals surface area contributed by atoms with Crippen molar-refractivity contribution < 1.29 is 9.72 Å². The van der Waals surface area contributed by atoms with Crippen molar-refractivity contribution in [1.82, 2.24) is 15.5 Å². The van der Waals surface area contributed by atoms with Gasteiger partial charge in [-0.15, -0.1) is 0 Å². The SMILES string of the molecule is CCC(NCCNC(=O)N(C)C)c1cccc([N+](=O)[O-])c1. The molecule has 21 heavy (non-hydrogen) atoms. The van der Waals surface area contributed by atoms with Crippen LogP contribution in [0.4, 0.5) is 10.5 Å². The maximum Gasteiger partial charge on any atom is 0.316 e. The van der Waals surface area contributed by atoms with Crippen LogP contribution in [0, 0.1) is 10.1 Å². The van der Waals surface area contributed by atoms with Crippen LogP contribution in [0.1, 0.15) is 24.9 Å². The number of benzene rings is 1. The molecule has 1 rings (SSSR count). The van der Waals surface area contributed by atoms with Crippen LogP contribution in [-0.2, 0) is 0 Å². The fourth-order valence-corrected chi connectivity index (χ4v) is 1.93. The van der Waals surface area contributed by atoms with E-state index in [1.165, 1.54) is 11.0 Å². The summed E-state index contributed by atoms with van der Waals surface area (Å²) in [5.74, 6) is 0.